The molecule has 1 aromatic rings. The van der Waals surface area contributed by atoms with Crippen LogP contribution in [0.1, 0.15) is 12.8 Å². The van der Waals surface area contributed by atoms with Crippen molar-refractivity contribution in [3.63, 3.8) is 0 Å². The molecular formula is C11H14BrN3. The molecule has 1 fully saturated rings. The lowest BCUT2D eigenvalue weighted by Crippen LogP contribution is -2.34. The number of halogens is 1. The Morgan fingerprint density at radius 3 is 2.73 bits per heavy atom. The molecule has 4 heteroatoms. The van der Waals surface area contributed by atoms with Gasteiger partial charge in [0.25, 0.3) is 0 Å². The summed E-state index contributed by atoms with van der Waals surface area (Å²) >= 11 is 3.41. The second-order valence-electron chi connectivity index (χ2n) is 3.64. The SMILES string of the molecule is NC(=Nc1cccc(Br)c1)N1CCCC1. The van der Waals surface area contributed by atoms with E-state index < -0.39 is 0 Å². The first-order valence-corrected chi connectivity index (χ1v) is 5.90. The predicted molar refractivity (Wildman–Crippen MR) is 66.2 cm³/mol. The fourth-order valence-electron chi connectivity index (χ4n) is 1.69. The van der Waals surface area contributed by atoms with Crippen molar-refractivity contribution in [3.8, 4) is 0 Å². The highest BCUT2D eigenvalue weighted by molar-refractivity contribution is 9.10. The lowest BCUT2D eigenvalue weighted by Gasteiger charge is -2.15. The summed E-state index contributed by atoms with van der Waals surface area (Å²) in [7, 11) is 0. The third-order valence-corrected chi connectivity index (χ3v) is 2.98. The van der Waals surface area contributed by atoms with Crippen LogP contribution in [0.4, 0.5) is 5.69 Å². The van der Waals surface area contributed by atoms with E-state index in [-0.39, 0.29) is 0 Å². The largest absolute Gasteiger partial charge is 0.369 e. The molecule has 2 N–H and O–H groups in total. The van der Waals surface area contributed by atoms with E-state index in [1.165, 1.54) is 12.8 Å². The molecular weight excluding hydrogens is 254 g/mol. The molecule has 15 heavy (non-hydrogen) atoms. The molecule has 0 amide bonds. The molecule has 1 saturated heterocycles. The first-order valence-electron chi connectivity index (χ1n) is 5.10. The highest BCUT2D eigenvalue weighted by atomic mass is 79.9. The lowest BCUT2D eigenvalue weighted by molar-refractivity contribution is 0.513. The quantitative estimate of drug-likeness (QED) is 0.628. The minimum Gasteiger partial charge on any atom is -0.369 e. The van der Waals surface area contributed by atoms with Crippen molar-refractivity contribution in [3.05, 3.63) is 28.7 Å². The molecule has 80 valence electrons. The van der Waals surface area contributed by atoms with Gasteiger partial charge in [0.15, 0.2) is 5.96 Å². The second kappa shape index (κ2) is 4.66. The first-order chi connectivity index (χ1) is 7.25. The second-order valence-corrected chi connectivity index (χ2v) is 4.56. The zero-order valence-corrected chi connectivity index (χ0v) is 10.1. The van der Waals surface area contributed by atoms with Crippen LogP contribution in [0.25, 0.3) is 0 Å². The van der Waals surface area contributed by atoms with Crippen LogP contribution >= 0.6 is 15.9 Å². The average Bonchev–Trinajstić information content (AvgIpc) is 2.70. The van der Waals surface area contributed by atoms with Gasteiger partial charge >= 0.3 is 0 Å². The van der Waals surface area contributed by atoms with Crippen molar-refractivity contribution in [1.29, 1.82) is 0 Å². The molecule has 0 bridgehead atoms. The van der Waals surface area contributed by atoms with Crippen molar-refractivity contribution >= 4 is 27.6 Å². The summed E-state index contributed by atoms with van der Waals surface area (Å²) in [5.74, 6) is 0.630. The number of nitrogens with zero attached hydrogens (tertiary/aromatic N) is 2. The fraction of sp³-hybridized carbons (Fsp3) is 0.364. The monoisotopic (exact) mass is 267 g/mol. The van der Waals surface area contributed by atoms with E-state index in [9.17, 15) is 0 Å². The Labute approximate surface area is 98.1 Å². The maximum Gasteiger partial charge on any atom is 0.196 e. The number of aliphatic imine (C=N–C) groups is 1. The number of hydrogen-bond donors (Lipinski definition) is 1. The molecule has 0 aromatic heterocycles. The summed E-state index contributed by atoms with van der Waals surface area (Å²) in [5.41, 5.74) is 6.82. The van der Waals surface area contributed by atoms with E-state index in [0.717, 1.165) is 23.2 Å². The van der Waals surface area contributed by atoms with Gasteiger partial charge in [-0.1, -0.05) is 22.0 Å². The molecule has 0 aliphatic carbocycles. The van der Waals surface area contributed by atoms with Gasteiger partial charge in [-0.05, 0) is 31.0 Å². The number of hydrogen-bond acceptors (Lipinski definition) is 1. The van der Waals surface area contributed by atoms with E-state index in [1.807, 2.05) is 24.3 Å². The van der Waals surface area contributed by atoms with Crippen LogP contribution < -0.4 is 5.73 Å². The van der Waals surface area contributed by atoms with Crippen molar-refractivity contribution in [2.24, 2.45) is 10.7 Å². The van der Waals surface area contributed by atoms with Crippen molar-refractivity contribution < 1.29 is 0 Å². The van der Waals surface area contributed by atoms with Gasteiger partial charge in [-0.25, -0.2) is 4.99 Å². The summed E-state index contributed by atoms with van der Waals surface area (Å²) in [6.45, 7) is 2.06. The Kier molecular flexibility index (Phi) is 3.26. The van der Waals surface area contributed by atoms with Gasteiger partial charge in [0.1, 0.15) is 0 Å². The van der Waals surface area contributed by atoms with Gasteiger partial charge in [0.05, 0.1) is 5.69 Å². The Hall–Kier alpha value is -1.03. The number of benzene rings is 1. The van der Waals surface area contributed by atoms with Crippen LogP contribution in [0, 0.1) is 0 Å². The lowest BCUT2D eigenvalue weighted by atomic mass is 10.3. The molecule has 3 nitrogen and oxygen atoms in total. The Morgan fingerprint density at radius 2 is 2.07 bits per heavy atom. The van der Waals surface area contributed by atoms with E-state index >= 15 is 0 Å². The number of likely N-dealkylation sites (tertiary alicyclic amines) is 1. The molecule has 0 atom stereocenters. The molecule has 0 radical (unpaired) electrons. The van der Waals surface area contributed by atoms with Crippen LogP contribution in [0.3, 0.4) is 0 Å². The summed E-state index contributed by atoms with van der Waals surface area (Å²) in [5, 5.41) is 0. The van der Waals surface area contributed by atoms with Crippen molar-refractivity contribution in [2.75, 3.05) is 13.1 Å². The fourth-order valence-corrected chi connectivity index (χ4v) is 2.08. The van der Waals surface area contributed by atoms with E-state index in [2.05, 4.69) is 25.8 Å². The Bertz CT molecular complexity index is 370. The first kappa shape index (κ1) is 10.5. The average molecular weight is 268 g/mol. The summed E-state index contributed by atoms with van der Waals surface area (Å²) < 4.78 is 1.03. The standard InChI is InChI=1S/C11H14BrN3/c12-9-4-3-5-10(8-9)14-11(13)15-6-1-2-7-15/h3-5,8H,1-2,6-7H2,(H2,13,14). The summed E-state index contributed by atoms with van der Waals surface area (Å²) in [6, 6.07) is 7.85. The number of rotatable bonds is 1. The van der Waals surface area contributed by atoms with E-state index in [0.29, 0.717) is 5.96 Å². The Morgan fingerprint density at radius 1 is 1.33 bits per heavy atom. The molecule has 2 rings (SSSR count). The van der Waals surface area contributed by atoms with Gasteiger partial charge in [-0.2, -0.15) is 0 Å². The van der Waals surface area contributed by atoms with Crippen molar-refractivity contribution in [2.45, 2.75) is 12.8 Å². The van der Waals surface area contributed by atoms with E-state index in [1.54, 1.807) is 0 Å². The predicted octanol–water partition coefficient (Wildman–Crippen LogP) is 2.49. The highest BCUT2D eigenvalue weighted by Crippen LogP contribution is 2.19. The van der Waals surface area contributed by atoms with Crippen LogP contribution in [0.15, 0.2) is 33.7 Å². The van der Waals surface area contributed by atoms with Gasteiger partial charge in [-0.15, -0.1) is 0 Å². The van der Waals surface area contributed by atoms with Crippen LogP contribution in [0.5, 0.6) is 0 Å². The molecule has 0 unspecified atom stereocenters. The minimum absolute atomic E-state index is 0.630. The highest BCUT2D eigenvalue weighted by Gasteiger charge is 2.13. The molecule has 0 saturated carbocycles. The molecule has 1 aromatic carbocycles. The normalized spacial score (nSPS) is 17.1. The smallest absolute Gasteiger partial charge is 0.196 e. The molecule has 1 aliphatic rings. The van der Waals surface area contributed by atoms with Gasteiger partial charge < -0.3 is 10.6 Å². The van der Waals surface area contributed by atoms with Crippen LogP contribution in [-0.4, -0.2) is 23.9 Å². The number of guanidine groups is 1. The van der Waals surface area contributed by atoms with Gasteiger partial charge in [0.2, 0.25) is 0 Å². The third-order valence-electron chi connectivity index (χ3n) is 2.48. The minimum atomic E-state index is 0.630. The van der Waals surface area contributed by atoms with E-state index in [4.69, 9.17) is 5.73 Å². The third kappa shape index (κ3) is 2.72. The zero-order chi connectivity index (χ0) is 10.7. The summed E-state index contributed by atoms with van der Waals surface area (Å²) in [4.78, 5) is 6.52. The molecule has 1 aliphatic heterocycles. The maximum absolute atomic E-state index is 5.92. The molecule has 0 spiro atoms. The maximum atomic E-state index is 5.92. The van der Waals surface area contributed by atoms with Gasteiger partial charge in [-0.3, -0.25) is 0 Å². The summed E-state index contributed by atoms with van der Waals surface area (Å²) in [6.07, 6.45) is 2.43. The van der Waals surface area contributed by atoms with Crippen LogP contribution in [0.2, 0.25) is 0 Å². The van der Waals surface area contributed by atoms with Crippen molar-refractivity contribution in [1.82, 2.24) is 4.90 Å². The van der Waals surface area contributed by atoms with Crippen LogP contribution in [-0.2, 0) is 0 Å². The number of nitrogens with two attached hydrogens (primary N) is 1. The Balaban J connectivity index is 2.14. The zero-order valence-electron chi connectivity index (χ0n) is 8.49. The van der Waals surface area contributed by atoms with Gasteiger partial charge in [0, 0.05) is 17.6 Å². The molecule has 1 heterocycles. The topological polar surface area (TPSA) is 41.6 Å².